The quantitative estimate of drug-likeness (QED) is 0.444. The van der Waals surface area contributed by atoms with Crippen LogP contribution in [0.1, 0.15) is 20.3 Å². The van der Waals surface area contributed by atoms with Crippen molar-refractivity contribution in [2.24, 2.45) is 0 Å². The standard InChI is InChI=1S/C6H10O/c1-3-4-5-6(2)7/h6-7H,3H2,1-2H3/t6-/m1/s1. The first-order valence-corrected chi connectivity index (χ1v) is 2.43. The first-order chi connectivity index (χ1) is 3.27. The lowest BCUT2D eigenvalue weighted by atomic mass is 10.4. The molecule has 1 nitrogen and oxygen atoms in total. The van der Waals surface area contributed by atoms with Crippen molar-refractivity contribution in [3.63, 3.8) is 0 Å². The van der Waals surface area contributed by atoms with Gasteiger partial charge < -0.3 is 5.11 Å². The Bertz CT molecular complexity index is 84.1. The summed E-state index contributed by atoms with van der Waals surface area (Å²) in [7, 11) is 0. The molecule has 0 fully saturated rings. The van der Waals surface area contributed by atoms with Crippen LogP contribution in [0.5, 0.6) is 0 Å². The van der Waals surface area contributed by atoms with E-state index in [4.69, 9.17) is 5.11 Å². The van der Waals surface area contributed by atoms with Crippen LogP contribution in [0.3, 0.4) is 0 Å². The van der Waals surface area contributed by atoms with Gasteiger partial charge in [-0.2, -0.15) is 0 Å². The average molecular weight is 98.1 g/mol. The van der Waals surface area contributed by atoms with Crippen LogP contribution >= 0.6 is 0 Å². The maximum absolute atomic E-state index is 8.51. The minimum atomic E-state index is -0.458. The van der Waals surface area contributed by atoms with Gasteiger partial charge in [-0.15, -0.1) is 5.92 Å². The third kappa shape index (κ3) is 5.52. The molecule has 0 aliphatic carbocycles. The molecule has 0 rings (SSSR count). The smallest absolute Gasteiger partial charge is 0.111 e. The van der Waals surface area contributed by atoms with E-state index in [2.05, 4.69) is 11.8 Å². The summed E-state index contributed by atoms with van der Waals surface area (Å²) in [6, 6.07) is 0. The fourth-order valence-corrected chi connectivity index (χ4v) is 0.250. The maximum Gasteiger partial charge on any atom is 0.111 e. The van der Waals surface area contributed by atoms with E-state index >= 15 is 0 Å². The predicted molar refractivity (Wildman–Crippen MR) is 29.7 cm³/mol. The van der Waals surface area contributed by atoms with Crippen molar-refractivity contribution in [1.82, 2.24) is 0 Å². The van der Waals surface area contributed by atoms with E-state index in [1.165, 1.54) is 0 Å². The number of hydrogen-bond donors (Lipinski definition) is 1. The highest BCUT2D eigenvalue weighted by atomic mass is 16.3. The number of hydrogen-bond acceptors (Lipinski definition) is 1. The molecule has 0 aromatic rings. The molecular formula is C6H10O. The Morgan fingerprint density at radius 2 is 2.29 bits per heavy atom. The average Bonchev–Trinajstić information content (AvgIpc) is 1.61. The first kappa shape index (κ1) is 6.52. The van der Waals surface area contributed by atoms with Gasteiger partial charge in [-0.1, -0.05) is 12.8 Å². The van der Waals surface area contributed by atoms with Crippen molar-refractivity contribution in [2.75, 3.05) is 0 Å². The molecule has 0 heterocycles. The van der Waals surface area contributed by atoms with Crippen molar-refractivity contribution < 1.29 is 5.11 Å². The fraction of sp³-hybridized carbons (Fsp3) is 0.667. The summed E-state index contributed by atoms with van der Waals surface area (Å²) in [5, 5.41) is 8.51. The maximum atomic E-state index is 8.51. The molecule has 0 saturated heterocycles. The molecule has 0 aromatic heterocycles. The minimum Gasteiger partial charge on any atom is -0.381 e. The molecule has 0 saturated carbocycles. The summed E-state index contributed by atoms with van der Waals surface area (Å²) in [6.45, 7) is 3.61. The van der Waals surface area contributed by atoms with E-state index in [0.29, 0.717) is 0 Å². The van der Waals surface area contributed by atoms with Gasteiger partial charge in [0.2, 0.25) is 0 Å². The molecule has 40 valence electrons. The van der Waals surface area contributed by atoms with Gasteiger partial charge in [0.1, 0.15) is 6.10 Å². The highest BCUT2D eigenvalue weighted by Crippen LogP contribution is 1.73. The monoisotopic (exact) mass is 98.1 g/mol. The summed E-state index contributed by atoms with van der Waals surface area (Å²) >= 11 is 0. The molecule has 0 unspecified atom stereocenters. The van der Waals surface area contributed by atoms with Crippen molar-refractivity contribution in [3.05, 3.63) is 0 Å². The van der Waals surface area contributed by atoms with Crippen LogP contribution in [0.15, 0.2) is 0 Å². The van der Waals surface area contributed by atoms with E-state index in [1.54, 1.807) is 6.92 Å². The molecule has 1 atom stereocenters. The number of aliphatic hydroxyl groups excluding tert-OH is 1. The lowest BCUT2D eigenvalue weighted by Gasteiger charge is -1.83. The van der Waals surface area contributed by atoms with Crippen LogP contribution in [0, 0.1) is 11.8 Å². The zero-order valence-electron chi connectivity index (χ0n) is 4.73. The zero-order chi connectivity index (χ0) is 5.70. The van der Waals surface area contributed by atoms with Gasteiger partial charge in [0, 0.05) is 6.42 Å². The van der Waals surface area contributed by atoms with Gasteiger partial charge in [0.15, 0.2) is 0 Å². The highest BCUT2D eigenvalue weighted by Gasteiger charge is 1.78. The number of aliphatic hydroxyl groups is 1. The lowest BCUT2D eigenvalue weighted by Crippen LogP contribution is -1.91. The topological polar surface area (TPSA) is 20.2 Å². The van der Waals surface area contributed by atoms with E-state index in [9.17, 15) is 0 Å². The molecule has 7 heavy (non-hydrogen) atoms. The van der Waals surface area contributed by atoms with Gasteiger partial charge in [-0.25, -0.2) is 0 Å². The largest absolute Gasteiger partial charge is 0.381 e. The Kier molecular flexibility index (Phi) is 3.45. The Morgan fingerprint density at radius 1 is 1.71 bits per heavy atom. The van der Waals surface area contributed by atoms with E-state index in [0.717, 1.165) is 6.42 Å². The van der Waals surface area contributed by atoms with Gasteiger partial charge in [-0.05, 0) is 6.92 Å². The van der Waals surface area contributed by atoms with Crippen LogP contribution in [0.25, 0.3) is 0 Å². The number of rotatable bonds is 0. The highest BCUT2D eigenvalue weighted by molar-refractivity contribution is 5.01. The third-order valence-corrected chi connectivity index (χ3v) is 0.488. The molecule has 0 radical (unpaired) electrons. The summed E-state index contributed by atoms with van der Waals surface area (Å²) in [6.07, 6.45) is 0.366. The van der Waals surface area contributed by atoms with E-state index in [-0.39, 0.29) is 0 Å². The third-order valence-electron chi connectivity index (χ3n) is 0.488. The normalized spacial score (nSPS) is 11.9. The van der Waals surface area contributed by atoms with Crippen LogP contribution in [0.2, 0.25) is 0 Å². The Morgan fingerprint density at radius 3 is 2.43 bits per heavy atom. The van der Waals surface area contributed by atoms with Crippen molar-refractivity contribution in [1.29, 1.82) is 0 Å². The van der Waals surface area contributed by atoms with Gasteiger partial charge in [0.25, 0.3) is 0 Å². The molecule has 1 N–H and O–H groups in total. The van der Waals surface area contributed by atoms with Crippen molar-refractivity contribution in [3.8, 4) is 11.8 Å². The fourth-order valence-electron chi connectivity index (χ4n) is 0.250. The Labute approximate surface area is 44.4 Å². The van der Waals surface area contributed by atoms with Gasteiger partial charge in [0.05, 0.1) is 0 Å². The Balaban J connectivity index is 3.24. The summed E-state index contributed by atoms with van der Waals surface area (Å²) in [4.78, 5) is 0. The van der Waals surface area contributed by atoms with Gasteiger partial charge >= 0.3 is 0 Å². The molecule has 0 amide bonds. The minimum absolute atomic E-state index is 0.458. The van der Waals surface area contributed by atoms with Gasteiger partial charge in [-0.3, -0.25) is 0 Å². The van der Waals surface area contributed by atoms with Crippen molar-refractivity contribution >= 4 is 0 Å². The molecule has 0 aromatic carbocycles. The van der Waals surface area contributed by atoms with Crippen LogP contribution in [0.4, 0.5) is 0 Å². The summed E-state index contributed by atoms with van der Waals surface area (Å²) in [5.74, 6) is 5.35. The molecule has 0 bridgehead atoms. The second-order valence-electron chi connectivity index (χ2n) is 1.35. The molecular weight excluding hydrogens is 88.1 g/mol. The van der Waals surface area contributed by atoms with Crippen LogP contribution < -0.4 is 0 Å². The van der Waals surface area contributed by atoms with E-state index in [1.807, 2.05) is 6.92 Å². The molecule has 0 aliphatic heterocycles. The van der Waals surface area contributed by atoms with Crippen molar-refractivity contribution in [2.45, 2.75) is 26.4 Å². The Hall–Kier alpha value is -0.480. The second-order valence-corrected chi connectivity index (χ2v) is 1.35. The molecule has 0 spiro atoms. The van der Waals surface area contributed by atoms with E-state index < -0.39 is 6.10 Å². The zero-order valence-corrected chi connectivity index (χ0v) is 4.73. The predicted octanol–water partition coefficient (Wildman–Crippen LogP) is 0.781. The summed E-state index contributed by atoms with van der Waals surface area (Å²) < 4.78 is 0. The SMILES string of the molecule is CCC#C[C@@H](C)O. The molecule has 1 heteroatoms. The molecule has 0 aliphatic rings. The van der Waals surface area contributed by atoms with Crippen LogP contribution in [-0.2, 0) is 0 Å². The van der Waals surface area contributed by atoms with Crippen LogP contribution in [-0.4, -0.2) is 11.2 Å². The first-order valence-electron chi connectivity index (χ1n) is 2.43. The lowest BCUT2D eigenvalue weighted by molar-refractivity contribution is 0.253. The summed E-state index contributed by atoms with van der Waals surface area (Å²) in [5.41, 5.74) is 0. The second kappa shape index (κ2) is 3.70.